The summed E-state index contributed by atoms with van der Waals surface area (Å²) in [4.78, 5) is 16.6. The number of hydrogen-bond donors (Lipinski definition) is 1. The fourth-order valence-electron chi connectivity index (χ4n) is 2.25. The van der Waals surface area contributed by atoms with Gasteiger partial charge in [-0.1, -0.05) is 6.92 Å². The molecule has 1 aliphatic rings. The predicted molar refractivity (Wildman–Crippen MR) is 66.4 cm³/mol. The van der Waals surface area contributed by atoms with E-state index in [0.717, 1.165) is 32.5 Å². The normalized spacial score (nSPS) is 25.2. The Balaban J connectivity index is 2.71. The molecular weight excluding hydrogens is 202 g/mol. The van der Waals surface area contributed by atoms with E-state index in [0.29, 0.717) is 6.04 Å². The predicted octanol–water partition coefficient (Wildman–Crippen LogP) is 0.537. The quantitative estimate of drug-likeness (QED) is 0.764. The number of nitrogens with one attached hydrogen (secondary N) is 1. The van der Waals surface area contributed by atoms with Gasteiger partial charge in [0.05, 0.1) is 6.04 Å². The van der Waals surface area contributed by atoms with Gasteiger partial charge in [-0.15, -0.1) is 0 Å². The second-order valence-corrected chi connectivity index (χ2v) is 4.72. The van der Waals surface area contributed by atoms with Crippen LogP contribution in [-0.2, 0) is 4.79 Å². The van der Waals surface area contributed by atoms with Crippen LogP contribution in [0.2, 0.25) is 0 Å². The van der Waals surface area contributed by atoms with Gasteiger partial charge in [-0.3, -0.25) is 4.79 Å². The highest BCUT2D eigenvalue weighted by Crippen LogP contribution is 2.13. The van der Waals surface area contributed by atoms with Crippen molar-refractivity contribution in [2.24, 2.45) is 0 Å². The Bertz CT molecular complexity index is 232. The van der Waals surface area contributed by atoms with Crippen LogP contribution in [0.4, 0.5) is 0 Å². The van der Waals surface area contributed by atoms with Crippen LogP contribution >= 0.6 is 0 Å². The number of carbonyl (C=O) groups excluding carboxylic acids is 1. The van der Waals surface area contributed by atoms with Crippen molar-refractivity contribution in [1.29, 1.82) is 0 Å². The van der Waals surface area contributed by atoms with Crippen molar-refractivity contribution in [3.63, 3.8) is 0 Å². The zero-order valence-electron chi connectivity index (χ0n) is 11.0. The van der Waals surface area contributed by atoms with Crippen molar-refractivity contribution in [2.45, 2.75) is 38.8 Å². The Labute approximate surface area is 99.0 Å². The van der Waals surface area contributed by atoms with Crippen molar-refractivity contribution in [3.8, 4) is 0 Å². The maximum Gasteiger partial charge on any atom is 0.239 e. The molecule has 0 aromatic rings. The van der Waals surface area contributed by atoms with Gasteiger partial charge in [0.2, 0.25) is 5.91 Å². The Morgan fingerprint density at radius 2 is 2.19 bits per heavy atom. The summed E-state index contributed by atoms with van der Waals surface area (Å²) in [6.07, 6.45) is 2.11. The molecule has 1 fully saturated rings. The highest BCUT2D eigenvalue weighted by Gasteiger charge is 2.28. The van der Waals surface area contributed by atoms with E-state index >= 15 is 0 Å². The first-order chi connectivity index (χ1) is 7.60. The van der Waals surface area contributed by atoms with Crippen molar-refractivity contribution in [2.75, 3.05) is 33.7 Å². The molecule has 1 aliphatic heterocycles. The Hall–Kier alpha value is -0.610. The minimum absolute atomic E-state index is 0.0718. The molecule has 2 atom stereocenters. The number of carbonyl (C=O) groups is 1. The third-order valence-corrected chi connectivity index (χ3v) is 3.46. The van der Waals surface area contributed by atoms with Crippen LogP contribution in [-0.4, -0.2) is 61.5 Å². The molecule has 4 nitrogen and oxygen atoms in total. The monoisotopic (exact) mass is 227 g/mol. The molecular formula is C12H25N3O. The van der Waals surface area contributed by atoms with E-state index < -0.39 is 0 Å². The molecule has 0 aromatic heterocycles. The average Bonchev–Trinajstić information content (AvgIpc) is 2.48. The summed E-state index contributed by atoms with van der Waals surface area (Å²) >= 11 is 0. The summed E-state index contributed by atoms with van der Waals surface area (Å²) in [7, 11) is 3.98. The minimum Gasteiger partial charge on any atom is -0.337 e. The summed E-state index contributed by atoms with van der Waals surface area (Å²) in [6, 6.07) is 0.299. The fraction of sp³-hybridized carbons (Fsp3) is 0.917. The first kappa shape index (κ1) is 13.5. The SMILES string of the molecule is CCC1CN(C)CCCN1C(=O)C(C)NC. The smallest absolute Gasteiger partial charge is 0.239 e. The van der Waals surface area contributed by atoms with Gasteiger partial charge >= 0.3 is 0 Å². The topological polar surface area (TPSA) is 35.6 Å². The summed E-state index contributed by atoms with van der Waals surface area (Å²) < 4.78 is 0. The van der Waals surface area contributed by atoms with Crippen LogP contribution in [0, 0.1) is 0 Å². The number of amides is 1. The Kier molecular flexibility index (Phi) is 5.22. The molecule has 1 saturated heterocycles. The van der Waals surface area contributed by atoms with Gasteiger partial charge in [-0.05, 0) is 40.4 Å². The Morgan fingerprint density at radius 3 is 2.75 bits per heavy atom. The first-order valence-electron chi connectivity index (χ1n) is 6.26. The van der Waals surface area contributed by atoms with Crippen molar-refractivity contribution < 1.29 is 4.79 Å². The van der Waals surface area contributed by atoms with Gasteiger partial charge in [0, 0.05) is 19.1 Å². The van der Waals surface area contributed by atoms with Gasteiger partial charge < -0.3 is 15.1 Å². The third-order valence-electron chi connectivity index (χ3n) is 3.46. The van der Waals surface area contributed by atoms with E-state index in [1.54, 1.807) is 0 Å². The molecule has 1 N–H and O–H groups in total. The van der Waals surface area contributed by atoms with Crippen LogP contribution in [0.25, 0.3) is 0 Å². The lowest BCUT2D eigenvalue weighted by Crippen LogP contribution is -2.50. The molecule has 0 radical (unpaired) electrons. The van der Waals surface area contributed by atoms with E-state index in [1.807, 2.05) is 14.0 Å². The van der Waals surface area contributed by atoms with Gasteiger partial charge in [0.25, 0.3) is 0 Å². The summed E-state index contributed by atoms with van der Waals surface area (Å²) in [6.45, 7) is 7.08. The highest BCUT2D eigenvalue weighted by molar-refractivity contribution is 5.81. The molecule has 1 heterocycles. The lowest BCUT2D eigenvalue weighted by molar-refractivity contribution is -0.135. The van der Waals surface area contributed by atoms with Crippen molar-refractivity contribution >= 4 is 5.91 Å². The largest absolute Gasteiger partial charge is 0.337 e. The third kappa shape index (κ3) is 3.19. The molecule has 0 saturated carbocycles. The second-order valence-electron chi connectivity index (χ2n) is 4.72. The summed E-state index contributed by atoms with van der Waals surface area (Å²) in [5.74, 6) is 0.240. The van der Waals surface area contributed by atoms with Gasteiger partial charge in [0.1, 0.15) is 0 Å². The van der Waals surface area contributed by atoms with Gasteiger partial charge in [0.15, 0.2) is 0 Å². The first-order valence-corrected chi connectivity index (χ1v) is 6.26. The molecule has 1 rings (SSSR count). The standard InChI is InChI=1S/C12H25N3O/c1-5-11-9-14(4)7-6-8-15(11)12(16)10(2)13-3/h10-11,13H,5-9H2,1-4H3. The summed E-state index contributed by atoms with van der Waals surface area (Å²) in [5, 5.41) is 3.03. The molecule has 0 aromatic carbocycles. The molecule has 2 unspecified atom stereocenters. The maximum atomic E-state index is 12.2. The van der Waals surface area contributed by atoms with Gasteiger partial charge in [-0.2, -0.15) is 0 Å². The maximum absolute atomic E-state index is 12.2. The van der Waals surface area contributed by atoms with E-state index in [1.165, 1.54) is 0 Å². The number of hydrogen-bond acceptors (Lipinski definition) is 3. The number of rotatable bonds is 3. The Morgan fingerprint density at radius 1 is 1.50 bits per heavy atom. The van der Waals surface area contributed by atoms with E-state index in [9.17, 15) is 4.79 Å². The van der Waals surface area contributed by atoms with Crippen LogP contribution in [0.5, 0.6) is 0 Å². The second kappa shape index (κ2) is 6.21. The minimum atomic E-state index is -0.0718. The van der Waals surface area contributed by atoms with Crippen molar-refractivity contribution in [3.05, 3.63) is 0 Å². The number of likely N-dealkylation sites (N-methyl/N-ethyl adjacent to an activating group) is 2. The van der Waals surface area contributed by atoms with E-state index in [4.69, 9.17) is 0 Å². The molecule has 4 heteroatoms. The molecule has 1 amide bonds. The van der Waals surface area contributed by atoms with E-state index in [2.05, 4.69) is 29.1 Å². The number of nitrogens with zero attached hydrogens (tertiary/aromatic N) is 2. The van der Waals surface area contributed by atoms with Crippen LogP contribution in [0.3, 0.4) is 0 Å². The van der Waals surface area contributed by atoms with Crippen LogP contribution in [0.1, 0.15) is 26.7 Å². The molecule has 16 heavy (non-hydrogen) atoms. The lowest BCUT2D eigenvalue weighted by Gasteiger charge is -2.32. The molecule has 0 bridgehead atoms. The zero-order chi connectivity index (χ0) is 12.1. The molecule has 94 valence electrons. The zero-order valence-corrected chi connectivity index (χ0v) is 11.0. The average molecular weight is 227 g/mol. The fourth-order valence-corrected chi connectivity index (χ4v) is 2.25. The van der Waals surface area contributed by atoms with Crippen LogP contribution in [0.15, 0.2) is 0 Å². The molecule has 0 aliphatic carbocycles. The highest BCUT2D eigenvalue weighted by atomic mass is 16.2. The van der Waals surface area contributed by atoms with Crippen LogP contribution < -0.4 is 5.32 Å². The summed E-state index contributed by atoms with van der Waals surface area (Å²) in [5.41, 5.74) is 0. The van der Waals surface area contributed by atoms with E-state index in [-0.39, 0.29) is 11.9 Å². The van der Waals surface area contributed by atoms with Crippen molar-refractivity contribution in [1.82, 2.24) is 15.1 Å². The van der Waals surface area contributed by atoms with Gasteiger partial charge in [-0.25, -0.2) is 0 Å². The lowest BCUT2D eigenvalue weighted by atomic mass is 10.1. The molecule has 0 spiro atoms.